The van der Waals surface area contributed by atoms with Gasteiger partial charge in [0.05, 0.1) is 29.9 Å². The van der Waals surface area contributed by atoms with Crippen molar-refractivity contribution in [3.63, 3.8) is 0 Å². The van der Waals surface area contributed by atoms with E-state index in [1.807, 2.05) is 0 Å². The summed E-state index contributed by atoms with van der Waals surface area (Å²) in [6.45, 7) is 3.38. The van der Waals surface area contributed by atoms with Crippen LogP contribution in [0, 0.1) is 5.41 Å². The molecule has 0 saturated carbocycles. The second-order valence-corrected chi connectivity index (χ2v) is 7.32. The van der Waals surface area contributed by atoms with Gasteiger partial charge in [0.15, 0.2) is 0 Å². The van der Waals surface area contributed by atoms with Crippen molar-refractivity contribution in [1.82, 2.24) is 0 Å². The van der Waals surface area contributed by atoms with E-state index in [0.29, 0.717) is 0 Å². The van der Waals surface area contributed by atoms with E-state index < -0.39 is 46.4 Å². The molecule has 1 aromatic carbocycles. The maximum absolute atomic E-state index is 12.1. The van der Waals surface area contributed by atoms with Crippen LogP contribution in [0.4, 0.5) is 0 Å². The van der Waals surface area contributed by atoms with Gasteiger partial charge in [-0.3, -0.25) is 9.59 Å². The Labute approximate surface area is 172 Å². The first kappa shape index (κ1) is 24.8. The summed E-state index contributed by atoms with van der Waals surface area (Å²) in [7, 11) is 0. The molecule has 164 valence electrons. The fourth-order valence-corrected chi connectivity index (χ4v) is 2.17. The van der Waals surface area contributed by atoms with Gasteiger partial charge in [-0.2, -0.15) is 0 Å². The van der Waals surface area contributed by atoms with Crippen molar-refractivity contribution in [2.75, 3.05) is 13.2 Å². The smallest absolute Gasteiger partial charge is 0.346 e. The van der Waals surface area contributed by atoms with E-state index in [2.05, 4.69) is 4.74 Å². The van der Waals surface area contributed by atoms with E-state index in [4.69, 9.17) is 20.1 Å². The van der Waals surface area contributed by atoms with Crippen LogP contribution in [-0.2, 0) is 19.1 Å². The maximum Gasteiger partial charge on any atom is 0.346 e. The highest BCUT2D eigenvalue weighted by atomic mass is 16.6. The van der Waals surface area contributed by atoms with Gasteiger partial charge in [-0.1, -0.05) is 13.8 Å². The molecule has 0 aliphatic carbocycles. The minimum atomic E-state index is -1.48. The zero-order chi connectivity index (χ0) is 22.9. The number of rotatable bonds is 11. The van der Waals surface area contributed by atoms with Crippen LogP contribution in [-0.4, -0.2) is 58.4 Å². The number of carboxylic acids is 2. The van der Waals surface area contributed by atoms with Crippen molar-refractivity contribution in [2.24, 2.45) is 5.41 Å². The van der Waals surface area contributed by atoms with E-state index in [-0.39, 0.29) is 44.5 Å². The number of ether oxygens (including phenoxy) is 2. The molecule has 0 aromatic heterocycles. The van der Waals surface area contributed by atoms with Gasteiger partial charge in [-0.05, 0) is 31.0 Å². The van der Waals surface area contributed by atoms with Crippen LogP contribution in [0.3, 0.4) is 0 Å². The molecule has 10 heteroatoms. The van der Waals surface area contributed by atoms with Crippen LogP contribution >= 0.6 is 0 Å². The van der Waals surface area contributed by atoms with Crippen molar-refractivity contribution in [1.29, 1.82) is 0 Å². The SMILES string of the molecule is CC(C)(CO)COC(=O)CCCCC(=O)OC(=O)c1cc(C(=O)O)ccc1C(=O)O. The Morgan fingerprint density at radius 3 is 2.03 bits per heavy atom. The molecule has 0 aliphatic heterocycles. The number of benzene rings is 1. The number of aromatic carboxylic acids is 2. The highest BCUT2D eigenvalue weighted by molar-refractivity contribution is 6.06. The minimum absolute atomic E-state index is 0.0343. The van der Waals surface area contributed by atoms with Crippen LogP contribution in [0.15, 0.2) is 18.2 Å². The lowest BCUT2D eigenvalue weighted by molar-refractivity contribution is -0.148. The van der Waals surface area contributed by atoms with E-state index in [0.717, 1.165) is 18.2 Å². The van der Waals surface area contributed by atoms with Crippen LogP contribution in [0.2, 0.25) is 0 Å². The first-order valence-electron chi connectivity index (χ1n) is 9.09. The summed E-state index contributed by atoms with van der Waals surface area (Å²) in [5.74, 6) is -5.55. The molecule has 3 N–H and O–H groups in total. The quantitative estimate of drug-likeness (QED) is 0.271. The molecule has 0 atom stereocenters. The molecular formula is C20H24O10. The lowest BCUT2D eigenvalue weighted by atomic mass is 9.97. The first-order chi connectivity index (χ1) is 14.0. The summed E-state index contributed by atoms with van der Waals surface area (Å²) < 4.78 is 9.62. The Balaban J connectivity index is 2.53. The van der Waals surface area contributed by atoms with Gasteiger partial charge >= 0.3 is 29.8 Å². The maximum atomic E-state index is 12.1. The number of unbranched alkanes of at least 4 members (excludes halogenated alkanes) is 1. The van der Waals surface area contributed by atoms with Crippen molar-refractivity contribution in [2.45, 2.75) is 39.5 Å². The zero-order valence-electron chi connectivity index (χ0n) is 16.7. The number of esters is 3. The van der Waals surface area contributed by atoms with E-state index in [1.165, 1.54) is 0 Å². The Hall–Kier alpha value is -3.27. The number of carbonyl (C=O) groups is 5. The molecule has 0 unspecified atom stereocenters. The molecule has 0 aliphatic rings. The Kier molecular flexibility index (Phi) is 9.13. The standard InChI is InChI=1S/C20H24O10/c1-20(2,10-21)11-29-15(22)5-3-4-6-16(23)30-19(28)14-9-12(17(24)25)7-8-13(14)18(26)27/h7-9,21H,3-6,10-11H2,1-2H3,(H,24,25)(H,26,27). The molecule has 0 spiro atoms. The lowest BCUT2D eigenvalue weighted by Crippen LogP contribution is -2.25. The third-order valence-electron chi connectivity index (χ3n) is 3.99. The third kappa shape index (κ3) is 8.00. The van der Waals surface area contributed by atoms with Gasteiger partial charge < -0.3 is 24.8 Å². The van der Waals surface area contributed by atoms with Crippen molar-refractivity contribution >= 4 is 29.8 Å². The second-order valence-electron chi connectivity index (χ2n) is 7.32. The van der Waals surface area contributed by atoms with E-state index in [1.54, 1.807) is 13.8 Å². The van der Waals surface area contributed by atoms with Crippen molar-refractivity contribution in [3.05, 3.63) is 34.9 Å². The number of hydrogen-bond donors (Lipinski definition) is 3. The molecule has 0 fully saturated rings. The fourth-order valence-electron chi connectivity index (χ4n) is 2.17. The number of aliphatic hydroxyl groups excluding tert-OH is 1. The van der Waals surface area contributed by atoms with Gasteiger partial charge in [-0.15, -0.1) is 0 Å². The summed E-state index contributed by atoms with van der Waals surface area (Å²) in [4.78, 5) is 57.8. The Morgan fingerprint density at radius 2 is 1.50 bits per heavy atom. The van der Waals surface area contributed by atoms with Gasteiger partial charge in [0.2, 0.25) is 0 Å². The fraction of sp³-hybridized carbons (Fsp3) is 0.450. The number of carbonyl (C=O) groups excluding carboxylic acids is 3. The van der Waals surface area contributed by atoms with Gasteiger partial charge in [-0.25, -0.2) is 14.4 Å². The molecule has 1 aromatic rings. The van der Waals surface area contributed by atoms with Crippen LogP contribution in [0.1, 0.15) is 70.6 Å². The number of aliphatic hydroxyl groups is 1. The van der Waals surface area contributed by atoms with Gasteiger partial charge in [0.25, 0.3) is 0 Å². The normalized spacial score (nSPS) is 10.9. The highest BCUT2D eigenvalue weighted by Gasteiger charge is 2.22. The monoisotopic (exact) mass is 424 g/mol. The van der Waals surface area contributed by atoms with E-state index in [9.17, 15) is 24.0 Å². The van der Waals surface area contributed by atoms with Gasteiger partial charge in [0.1, 0.15) is 0 Å². The first-order valence-corrected chi connectivity index (χ1v) is 9.09. The predicted molar refractivity (Wildman–Crippen MR) is 101 cm³/mol. The minimum Gasteiger partial charge on any atom is -0.478 e. The number of carboxylic acid groups (broad SMARTS) is 2. The third-order valence-corrected chi connectivity index (χ3v) is 3.99. The Bertz CT molecular complexity index is 825. The van der Waals surface area contributed by atoms with Crippen LogP contribution in [0.25, 0.3) is 0 Å². The Morgan fingerprint density at radius 1 is 0.900 bits per heavy atom. The van der Waals surface area contributed by atoms with Gasteiger partial charge in [0, 0.05) is 18.3 Å². The molecule has 1 rings (SSSR count). The summed E-state index contributed by atoms with van der Waals surface area (Å²) >= 11 is 0. The summed E-state index contributed by atoms with van der Waals surface area (Å²) in [5, 5.41) is 27.2. The number of hydrogen-bond acceptors (Lipinski definition) is 8. The largest absolute Gasteiger partial charge is 0.478 e. The molecule has 0 bridgehead atoms. The lowest BCUT2D eigenvalue weighted by Gasteiger charge is -2.20. The highest BCUT2D eigenvalue weighted by Crippen LogP contribution is 2.16. The average molecular weight is 424 g/mol. The van der Waals surface area contributed by atoms with E-state index >= 15 is 0 Å². The molecule has 0 radical (unpaired) electrons. The second kappa shape index (κ2) is 11.1. The average Bonchev–Trinajstić information content (AvgIpc) is 2.69. The summed E-state index contributed by atoms with van der Waals surface area (Å²) in [5.41, 5.74) is -1.92. The molecule has 0 amide bonds. The van der Waals surface area contributed by atoms with Crippen molar-refractivity contribution < 1.29 is 48.8 Å². The zero-order valence-corrected chi connectivity index (χ0v) is 16.7. The van der Waals surface area contributed by atoms with Crippen molar-refractivity contribution in [3.8, 4) is 0 Å². The van der Waals surface area contributed by atoms with Crippen LogP contribution in [0.5, 0.6) is 0 Å². The molecule has 30 heavy (non-hydrogen) atoms. The molecular weight excluding hydrogens is 400 g/mol. The topological polar surface area (TPSA) is 164 Å². The molecule has 0 heterocycles. The molecule has 0 saturated heterocycles. The summed E-state index contributed by atoms with van der Waals surface area (Å²) in [6, 6.07) is 2.78. The van der Waals surface area contributed by atoms with Crippen LogP contribution < -0.4 is 0 Å². The molecule has 10 nitrogen and oxygen atoms in total. The predicted octanol–water partition coefficient (Wildman–Crippen LogP) is 1.89. The summed E-state index contributed by atoms with van der Waals surface area (Å²) in [6.07, 6.45) is 0.330.